The summed E-state index contributed by atoms with van der Waals surface area (Å²) in [5, 5.41) is 2.33. The number of benzene rings is 1. The van der Waals surface area contributed by atoms with Gasteiger partial charge in [0.2, 0.25) is 0 Å². The van der Waals surface area contributed by atoms with Gasteiger partial charge in [0.1, 0.15) is 11.9 Å². The molecule has 18 heavy (non-hydrogen) atoms. The molecule has 0 radical (unpaired) electrons. The second kappa shape index (κ2) is 6.09. The summed E-state index contributed by atoms with van der Waals surface area (Å²) in [6.07, 6.45) is -4.49. The minimum atomic E-state index is -4.18. The SMILES string of the molecule is Cc1cccc(OC(C)CNCC(F)(F)F)c1C. The van der Waals surface area contributed by atoms with Gasteiger partial charge in [0.05, 0.1) is 6.54 Å². The van der Waals surface area contributed by atoms with Crippen LogP contribution in [-0.2, 0) is 0 Å². The zero-order valence-electron chi connectivity index (χ0n) is 10.8. The fraction of sp³-hybridized carbons (Fsp3) is 0.538. The Bertz CT molecular complexity index is 390. The van der Waals surface area contributed by atoms with Crippen molar-refractivity contribution < 1.29 is 17.9 Å². The summed E-state index contributed by atoms with van der Waals surface area (Å²) in [7, 11) is 0. The molecule has 1 atom stereocenters. The number of rotatable bonds is 5. The van der Waals surface area contributed by atoms with Gasteiger partial charge in [0.15, 0.2) is 0 Å². The van der Waals surface area contributed by atoms with Crippen LogP contribution in [0.4, 0.5) is 13.2 Å². The van der Waals surface area contributed by atoms with Gasteiger partial charge in [-0.1, -0.05) is 12.1 Å². The van der Waals surface area contributed by atoms with Gasteiger partial charge < -0.3 is 10.1 Å². The number of hydrogen-bond donors (Lipinski definition) is 1. The molecule has 2 nitrogen and oxygen atoms in total. The van der Waals surface area contributed by atoms with Crippen LogP contribution in [-0.4, -0.2) is 25.4 Å². The van der Waals surface area contributed by atoms with Crippen molar-refractivity contribution >= 4 is 0 Å². The molecule has 0 aliphatic heterocycles. The Hall–Kier alpha value is -1.23. The van der Waals surface area contributed by atoms with Crippen molar-refractivity contribution in [1.29, 1.82) is 0 Å². The Kier molecular flexibility index (Phi) is 5.02. The number of ether oxygens (including phenoxy) is 1. The lowest BCUT2D eigenvalue weighted by atomic mass is 10.1. The Morgan fingerprint density at radius 2 is 1.94 bits per heavy atom. The predicted molar refractivity (Wildman–Crippen MR) is 64.9 cm³/mol. The normalized spacial score (nSPS) is 13.4. The molecule has 0 fully saturated rings. The van der Waals surface area contributed by atoms with Crippen molar-refractivity contribution in [3.05, 3.63) is 29.3 Å². The molecule has 0 aliphatic rings. The molecule has 1 rings (SSSR count). The quantitative estimate of drug-likeness (QED) is 0.878. The largest absolute Gasteiger partial charge is 0.489 e. The first-order valence-corrected chi connectivity index (χ1v) is 5.80. The van der Waals surface area contributed by atoms with Crippen LogP contribution in [0, 0.1) is 13.8 Å². The van der Waals surface area contributed by atoms with Crippen molar-refractivity contribution in [3.8, 4) is 5.75 Å². The van der Waals surface area contributed by atoms with Crippen molar-refractivity contribution in [2.75, 3.05) is 13.1 Å². The Morgan fingerprint density at radius 1 is 1.28 bits per heavy atom. The highest BCUT2D eigenvalue weighted by Crippen LogP contribution is 2.21. The molecule has 1 N–H and O–H groups in total. The zero-order chi connectivity index (χ0) is 13.8. The molecule has 5 heteroatoms. The minimum Gasteiger partial charge on any atom is -0.489 e. The van der Waals surface area contributed by atoms with Crippen molar-refractivity contribution in [2.45, 2.75) is 33.1 Å². The van der Waals surface area contributed by atoms with Gasteiger partial charge in [-0.3, -0.25) is 0 Å². The highest BCUT2D eigenvalue weighted by atomic mass is 19.4. The van der Waals surface area contributed by atoms with Crippen LogP contribution in [0.1, 0.15) is 18.1 Å². The van der Waals surface area contributed by atoms with Crippen LogP contribution < -0.4 is 10.1 Å². The van der Waals surface area contributed by atoms with Gasteiger partial charge in [-0.25, -0.2) is 0 Å². The molecule has 0 aliphatic carbocycles. The van der Waals surface area contributed by atoms with Crippen LogP contribution >= 0.6 is 0 Å². The van der Waals surface area contributed by atoms with E-state index >= 15 is 0 Å². The highest BCUT2D eigenvalue weighted by Gasteiger charge is 2.26. The molecular formula is C13H18F3NO. The summed E-state index contributed by atoms with van der Waals surface area (Å²) in [6.45, 7) is 4.81. The molecule has 0 saturated heterocycles. The lowest BCUT2D eigenvalue weighted by molar-refractivity contribution is -0.125. The minimum absolute atomic E-state index is 0.160. The first-order valence-electron chi connectivity index (χ1n) is 5.80. The maximum atomic E-state index is 11.9. The molecule has 0 aromatic heterocycles. The van der Waals surface area contributed by atoms with Crippen molar-refractivity contribution in [3.63, 3.8) is 0 Å². The summed E-state index contributed by atoms with van der Waals surface area (Å²) in [6, 6.07) is 5.66. The zero-order valence-corrected chi connectivity index (χ0v) is 10.8. The molecular weight excluding hydrogens is 243 g/mol. The summed E-state index contributed by atoms with van der Waals surface area (Å²) < 4.78 is 41.5. The summed E-state index contributed by atoms with van der Waals surface area (Å²) in [5.41, 5.74) is 2.11. The summed E-state index contributed by atoms with van der Waals surface area (Å²) >= 11 is 0. The average Bonchev–Trinajstić information content (AvgIpc) is 2.23. The Labute approximate surface area is 105 Å². The van der Waals surface area contributed by atoms with Crippen molar-refractivity contribution in [1.82, 2.24) is 5.32 Å². The van der Waals surface area contributed by atoms with E-state index in [0.717, 1.165) is 16.9 Å². The lowest BCUT2D eigenvalue weighted by Gasteiger charge is -2.18. The van der Waals surface area contributed by atoms with Gasteiger partial charge in [-0.15, -0.1) is 0 Å². The molecule has 102 valence electrons. The molecule has 0 bridgehead atoms. The van der Waals surface area contributed by atoms with Gasteiger partial charge in [0, 0.05) is 6.54 Å². The third-order valence-electron chi connectivity index (χ3n) is 2.64. The predicted octanol–water partition coefficient (Wildman–Crippen LogP) is 3.22. The smallest absolute Gasteiger partial charge is 0.401 e. The van der Waals surface area contributed by atoms with E-state index < -0.39 is 12.7 Å². The second-order valence-corrected chi connectivity index (χ2v) is 4.37. The molecule has 0 heterocycles. The lowest BCUT2D eigenvalue weighted by Crippen LogP contribution is -2.35. The van der Waals surface area contributed by atoms with E-state index in [-0.39, 0.29) is 12.6 Å². The van der Waals surface area contributed by atoms with Crippen LogP contribution in [0.3, 0.4) is 0 Å². The number of alkyl halides is 3. The highest BCUT2D eigenvalue weighted by molar-refractivity contribution is 5.38. The topological polar surface area (TPSA) is 21.3 Å². The van der Waals surface area contributed by atoms with Crippen LogP contribution in [0.25, 0.3) is 0 Å². The van der Waals surface area contributed by atoms with E-state index in [1.54, 1.807) is 6.92 Å². The standard InChI is InChI=1S/C13H18F3NO/c1-9-5-4-6-12(11(9)3)18-10(2)7-17-8-13(14,15)16/h4-6,10,17H,7-8H2,1-3H3. The van der Waals surface area contributed by atoms with Gasteiger partial charge in [-0.2, -0.15) is 13.2 Å². The Balaban J connectivity index is 2.45. The number of aryl methyl sites for hydroxylation is 1. The van der Waals surface area contributed by atoms with Gasteiger partial charge in [0.25, 0.3) is 0 Å². The van der Waals surface area contributed by atoms with Gasteiger partial charge in [-0.05, 0) is 38.0 Å². The fourth-order valence-corrected chi connectivity index (χ4v) is 1.53. The molecule has 1 unspecified atom stereocenters. The van der Waals surface area contributed by atoms with E-state index in [1.807, 2.05) is 32.0 Å². The average molecular weight is 261 g/mol. The monoisotopic (exact) mass is 261 g/mol. The second-order valence-electron chi connectivity index (χ2n) is 4.37. The third kappa shape index (κ3) is 4.96. The molecule has 1 aromatic rings. The Morgan fingerprint density at radius 3 is 2.56 bits per heavy atom. The molecule has 0 spiro atoms. The third-order valence-corrected chi connectivity index (χ3v) is 2.64. The first-order chi connectivity index (χ1) is 8.29. The maximum Gasteiger partial charge on any atom is 0.401 e. The van der Waals surface area contributed by atoms with E-state index in [9.17, 15) is 13.2 Å². The number of hydrogen-bond acceptors (Lipinski definition) is 2. The van der Waals surface area contributed by atoms with E-state index in [1.165, 1.54) is 0 Å². The number of halogens is 3. The number of nitrogens with one attached hydrogen (secondary N) is 1. The van der Waals surface area contributed by atoms with Crippen LogP contribution in [0.2, 0.25) is 0 Å². The fourth-order valence-electron chi connectivity index (χ4n) is 1.53. The molecule has 0 amide bonds. The van der Waals surface area contributed by atoms with E-state index in [2.05, 4.69) is 5.32 Å². The van der Waals surface area contributed by atoms with Crippen LogP contribution in [0.5, 0.6) is 5.75 Å². The maximum absolute atomic E-state index is 11.9. The summed E-state index contributed by atoms with van der Waals surface area (Å²) in [5.74, 6) is 0.719. The first kappa shape index (κ1) is 14.8. The van der Waals surface area contributed by atoms with E-state index in [4.69, 9.17) is 4.74 Å². The molecule has 1 aromatic carbocycles. The van der Waals surface area contributed by atoms with Crippen LogP contribution in [0.15, 0.2) is 18.2 Å². The molecule has 0 saturated carbocycles. The van der Waals surface area contributed by atoms with Gasteiger partial charge >= 0.3 is 6.18 Å². The van der Waals surface area contributed by atoms with E-state index in [0.29, 0.717) is 0 Å². The van der Waals surface area contributed by atoms with Crippen molar-refractivity contribution in [2.24, 2.45) is 0 Å². The summed E-state index contributed by atoms with van der Waals surface area (Å²) in [4.78, 5) is 0.